The summed E-state index contributed by atoms with van der Waals surface area (Å²) in [7, 11) is 0. The van der Waals surface area contributed by atoms with E-state index in [1.807, 2.05) is 30.3 Å². The third-order valence-electron chi connectivity index (χ3n) is 6.84. The number of β-lactam (4-membered cyclic amide) rings is 1. The number of carboxylic acid groups (broad SMARTS) is 1. The molecule has 2 atom stereocenters. The van der Waals surface area contributed by atoms with Crippen molar-refractivity contribution in [1.82, 2.24) is 35.4 Å². The lowest BCUT2D eigenvalue weighted by Crippen LogP contribution is -2.71. The molecule has 3 aromatic rings. The lowest BCUT2D eigenvalue weighted by molar-refractivity contribution is -0.150. The molecule has 2 aliphatic rings. The van der Waals surface area contributed by atoms with E-state index in [2.05, 4.69) is 37.9 Å². The number of carbonyl (C=O) groups excluding carboxylic acids is 2. The van der Waals surface area contributed by atoms with Crippen LogP contribution in [0, 0.1) is 0 Å². The van der Waals surface area contributed by atoms with Gasteiger partial charge in [0.2, 0.25) is 5.16 Å². The van der Waals surface area contributed by atoms with E-state index in [1.54, 1.807) is 10.1 Å². The van der Waals surface area contributed by atoms with Gasteiger partial charge in [0.1, 0.15) is 29.4 Å². The first-order chi connectivity index (χ1) is 21.4. The molecule has 14 nitrogen and oxygen atoms in total. The van der Waals surface area contributed by atoms with Crippen molar-refractivity contribution in [1.29, 1.82) is 0 Å². The molecule has 0 bridgehead atoms. The van der Waals surface area contributed by atoms with Crippen LogP contribution in [0.25, 0.3) is 0 Å². The van der Waals surface area contributed by atoms with Crippen LogP contribution in [0.4, 0.5) is 5.13 Å². The predicted octanol–water partition coefficient (Wildman–Crippen LogP) is 2.74. The first-order valence-corrected chi connectivity index (χ1v) is 16.8. The van der Waals surface area contributed by atoms with Crippen LogP contribution in [0.3, 0.4) is 0 Å². The molecule has 0 aliphatic carbocycles. The van der Waals surface area contributed by atoms with Gasteiger partial charge in [0.25, 0.3) is 11.8 Å². The maximum atomic E-state index is 13.3. The van der Waals surface area contributed by atoms with Gasteiger partial charge >= 0.3 is 5.97 Å². The van der Waals surface area contributed by atoms with Gasteiger partial charge < -0.3 is 21.0 Å². The van der Waals surface area contributed by atoms with Crippen LogP contribution in [-0.4, -0.2) is 81.6 Å². The zero-order valence-electron chi connectivity index (χ0n) is 23.8. The minimum absolute atomic E-state index is 0.0777. The normalized spacial score (nSPS) is 18.2. The molecule has 232 valence electrons. The number of anilines is 1. The Labute approximate surface area is 265 Å². The fourth-order valence-electron chi connectivity index (χ4n) is 4.63. The molecule has 2 aromatic heterocycles. The molecular formula is C27H31N9O5S3. The first kappa shape index (κ1) is 31.5. The highest BCUT2D eigenvalue weighted by Gasteiger charge is 2.54. The summed E-state index contributed by atoms with van der Waals surface area (Å²) in [5, 5.41) is 30.5. The molecule has 4 N–H and O–H groups in total. The number of nitrogen functional groups attached to an aromatic ring is 1. The Balaban J connectivity index is 1.25. The van der Waals surface area contributed by atoms with E-state index in [0.717, 1.165) is 42.6 Å². The molecule has 44 heavy (non-hydrogen) atoms. The molecule has 0 spiro atoms. The quantitative estimate of drug-likeness (QED) is 0.0713. The Morgan fingerprint density at radius 2 is 2.07 bits per heavy atom. The number of hydrogen-bond acceptors (Lipinski definition) is 13. The van der Waals surface area contributed by atoms with E-state index in [9.17, 15) is 19.5 Å². The van der Waals surface area contributed by atoms with E-state index in [0.29, 0.717) is 28.8 Å². The Bertz CT molecular complexity index is 1560. The summed E-state index contributed by atoms with van der Waals surface area (Å²) >= 11 is 3.84. The molecular weight excluding hydrogens is 627 g/mol. The van der Waals surface area contributed by atoms with E-state index in [1.165, 1.54) is 28.4 Å². The summed E-state index contributed by atoms with van der Waals surface area (Å²) < 4.78 is 1.72. The molecule has 1 unspecified atom stereocenters. The number of oxime groups is 1. The summed E-state index contributed by atoms with van der Waals surface area (Å²) in [5.41, 5.74) is 7.20. The van der Waals surface area contributed by atoms with Crippen LogP contribution >= 0.6 is 34.9 Å². The van der Waals surface area contributed by atoms with Gasteiger partial charge in [0.05, 0.1) is 0 Å². The highest BCUT2D eigenvalue weighted by Crippen LogP contribution is 2.41. The summed E-state index contributed by atoms with van der Waals surface area (Å²) in [6, 6.07) is 8.34. The molecule has 17 heteroatoms. The number of amides is 2. The number of carboxylic acids is 1. The molecule has 0 radical (unpaired) electrons. The number of benzene rings is 1. The Hall–Kier alpha value is -3.96. The number of tetrazole rings is 1. The van der Waals surface area contributed by atoms with Crippen molar-refractivity contribution in [3.05, 3.63) is 58.2 Å². The summed E-state index contributed by atoms with van der Waals surface area (Å²) in [5.74, 6) is -1.76. The standard InChI is InChI=1S/C27H31N9O5S3/c1-2-3-4-8-11-35-27(31-33-34-35)44-14-17-13-42-24-20(23(38)36(24)21(17)25(39)40)30-22(37)19(18-15-43-26(28)29-18)32-41-12-16-9-6-5-7-10-16/h5-7,9-10,15,20,24H,2-4,8,11-14H2,1H3,(H2,28,29)(H,30,37)(H,39,40)/t20?,24-/m0/s1. The van der Waals surface area contributed by atoms with Crippen molar-refractivity contribution in [3.8, 4) is 0 Å². The molecule has 0 saturated carbocycles. The molecule has 1 aromatic carbocycles. The van der Waals surface area contributed by atoms with Crippen molar-refractivity contribution in [2.45, 2.75) is 62.3 Å². The molecule has 2 aliphatic heterocycles. The second-order valence-corrected chi connectivity index (χ2v) is 12.9. The minimum Gasteiger partial charge on any atom is -0.477 e. The lowest BCUT2D eigenvalue weighted by Gasteiger charge is -2.49. The second-order valence-electron chi connectivity index (χ2n) is 9.92. The largest absolute Gasteiger partial charge is 0.477 e. The fraction of sp³-hybridized carbons (Fsp3) is 0.407. The van der Waals surface area contributed by atoms with E-state index >= 15 is 0 Å². The van der Waals surface area contributed by atoms with Gasteiger partial charge in [0.15, 0.2) is 10.8 Å². The smallest absolute Gasteiger partial charge is 0.352 e. The summed E-state index contributed by atoms with van der Waals surface area (Å²) in [6.45, 7) is 2.94. The van der Waals surface area contributed by atoms with Crippen molar-refractivity contribution in [3.63, 3.8) is 0 Å². The Morgan fingerprint density at radius 1 is 1.25 bits per heavy atom. The second kappa shape index (κ2) is 14.7. The number of rotatable bonds is 15. The van der Waals surface area contributed by atoms with E-state index in [-0.39, 0.29) is 28.8 Å². The predicted molar refractivity (Wildman–Crippen MR) is 167 cm³/mol. The third-order valence-corrected chi connectivity index (χ3v) is 9.90. The molecule has 1 fully saturated rings. The van der Waals surface area contributed by atoms with Gasteiger partial charge in [-0.1, -0.05) is 73.4 Å². The number of nitrogens with zero attached hydrogens (tertiary/aromatic N) is 7. The third kappa shape index (κ3) is 7.22. The van der Waals surface area contributed by atoms with Gasteiger partial charge in [-0.25, -0.2) is 14.5 Å². The van der Waals surface area contributed by atoms with E-state index < -0.39 is 29.2 Å². The molecule has 4 heterocycles. The summed E-state index contributed by atoms with van der Waals surface area (Å²) in [6.07, 6.45) is 4.29. The Kier molecular flexibility index (Phi) is 10.5. The highest BCUT2D eigenvalue weighted by molar-refractivity contribution is 8.01. The van der Waals surface area contributed by atoms with Crippen molar-refractivity contribution < 1.29 is 24.3 Å². The van der Waals surface area contributed by atoms with Crippen LogP contribution in [-0.2, 0) is 32.4 Å². The van der Waals surface area contributed by atoms with E-state index in [4.69, 9.17) is 10.6 Å². The average molecular weight is 658 g/mol. The number of nitrogens with two attached hydrogens (primary N) is 1. The molecule has 1 saturated heterocycles. The number of aromatic nitrogens is 5. The number of aliphatic carboxylic acids is 1. The zero-order chi connectivity index (χ0) is 31.1. The average Bonchev–Trinajstić information content (AvgIpc) is 3.67. The van der Waals surface area contributed by atoms with Gasteiger partial charge in [0, 0.05) is 23.4 Å². The number of fused-ring (bicyclic) bond motifs is 1. The number of unbranched alkanes of at least 4 members (excludes halogenated alkanes) is 3. The first-order valence-electron chi connectivity index (χ1n) is 13.9. The summed E-state index contributed by atoms with van der Waals surface area (Å²) in [4.78, 5) is 49.8. The van der Waals surface area contributed by atoms with Gasteiger partial charge in [-0.15, -0.1) is 28.2 Å². The zero-order valence-corrected chi connectivity index (χ0v) is 26.2. The number of aryl methyl sites for hydroxylation is 1. The lowest BCUT2D eigenvalue weighted by atomic mass is 10.0. The van der Waals surface area contributed by atoms with Gasteiger partial charge in [-0.05, 0) is 28.0 Å². The van der Waals surface area contributed by atoms with Crippen molar-refractivity contribution in [2.24, 2.45) is 5.16 Å². The number of thioether (sulfide) groups is 2. The number of thiazole rings is 1. The molecule has 5 rings (SSSR count). The van der Waals surface area contributed by atoms with Crippen molar-refractivity contribution in [2.75, 3.05) is 17.2 Å². The van der Waals surface area contributed by atoms with Crippen LogP contribution in [0.5, 0.6) is 0 Å². The Morgan fingerprint density at radius 3 is 2.80 bits per heavy atom. The number of nitrogens with one attached hydrogen (secondary N) is 1. The van der Waals surface area contributed by atoms with Crippen LogP contribution in [0.2, 0.25) is 0 Å². The molecule has 2 amide bonds. The monoisotopic (exact) mass is 657 g/mol. The topological polar surface area (TPSA) is 191 Å². The maximum absolute atomic E-state index is 13.3. The minimum atomic E-state index is -1.21. The highest BCUT2D eigenvalue weighted by atomic mass is 32.2. The fourth-order valence-corrected chi connectivity index (χ4v) is 7.57. The number of hydrogen-bond donors (Lipinski definition) is 3. The maximum Gasteiger partial charge on any atom is 0.352 e. The van der Waals surface area contributed by atoms with Gasteiger partial charge in [-0.2, -0.15) is 0 Å². The van der Waals surface area contributed by atoms with Crippen LogP contribution in [0.1, 0.15) is 43.9 Å². The SMILES string of the molecule is CCCCCCn1nnnc1SCC1=C(C(=O)O)N2C(=O)C(NC(=O)C(=NOCc3ccccc3)c3csc(N)n3)[C@@H]2SC1. The number of carbonyl (C=O) groups is 3. The van der Waals surface area contributed by atoms with Crippen LogP contribution < -0.4 is 11.1 Å². The van der Waals surface area contributed by atoms with Crippen molar-refractivity contribution >= 4 is 63.5 Å². The van der Waals surface area contributed by atoms with Crippen LogP contribution in [0.15, 0.2) is 57.3 Å². The van der Waals surface area contributed by atoms with Gasteiger partial charge in [-0.3, -0.25) is 14.5 Å².